The molecule has 5 heteroatoms. The zero-order valence-electron chi connectivity index (χ0n) is 14.5. The van der Waals surface area contributed by atoms with Crippen LogP contribution >= 0.6 is 0 Å². The largest absolute Gasteiger partial charge is 0.463 e. The highest BCUT2D eigenvalue weighted by Gasteiger charge is 2.12. The number of nitrogens with zero attached hydrogens (tertiary/aromatic N) is 2. The van der Waals surface area contributed by atoms with Gasteiger partial charge in [-0.1, -0.05) is 42.5 Å². The predicted octanol–water partition coefficient (Wildman–Crippen LogP) is 4.33. The monoisotopic (exact) mass is 355 g/mol. The van der Waals surface area contributed by atoms with Crippen LogP contribution in [-0.4, -0.2) is 15.9 Å². The smallest absolute Gasteiger partial charge is 0.251 e. The van der Waals surface area contributed by atoms with E-state index in [1.54, 1.807) is 24.7 Å². The van der Waals surface area contributed by atoms with Crippen LogP contribution in [0.5, 0.6) is 0 Å². The van der Waals surface area contributed by atoms with Gasteiger partial charge in [0.1, 0.15) is 5.69 Å². The quantitative estimate of drug-likeness (QED) is 0.578. The first kappa shape index (κ1) is 16.7. The second kappa shape index (κ2) is 7.66. The van der Waals surface area contributed by atoms with Crippen LogP contribution in [-0.2, 0) is 6.54 Å². The molecule has 0 aliphatic rings. The fraction of sp³-hybridized carbons (Fsp3) is 0.0455. The van der Waals surface area contributed by atoms with Crippen LogP contribution in [0.1, 0.15) is 16.1 Å². The lowest BCUT2D eigenvalue weighted by atomic mass is 10.0. The third-order valence-corrected chi connectivity index (χ3v) is 4.20. The van der Waals surface area contributed by atoms with Crippen LogP contribution in [0.25, 0.3) is 22.6 Å². The summed E-state index contributed by atoms with van der Waals surface area (Å²) >= 11 is 0. The minimum absolute atomic E-state index is 0.161. The zero-order valence-corrected chi connectivity index (χ0v) is 14.5. The average molecular weight is 355 g/mol. The average Bonchev–Trinajstić information content (AvgIpc) is 3.28. The summed E-state index contributed by atoms with van der Waals surface area (Å²) in [5.74, 6) is 0.463. The van der Waals surface area contributed by atoms with Crippen molar-refractivity contribution in [2.24, 2.45) is 0 Å². The van der Waals surface area contributed by atoms with Crippen LogP contribution in [0, 0.1) is 0 Å². The Morgan fingerprint density at radius 2 is 1.59 bits per heavy atom. The molecular weight excluding hydrogens is 338 g/mol. The number of nitrogens with one attached hydrogen (secondary N) is 1. The van der Waals surface area contributed by atoms with Gasteiger partial charge in [-0.15, -0.1) is 0 Å². The first-order valence-corrected chi connectivity index (χ1v) is 8.59. The molecule has 132 valence electrons. The Bertz CT molecular complexity index is 1030. The van der Waals surface area contributed by atoms with Gasteiger partial charge in [-0.05, 0) is 35.4 Å². The summed E-state index contributed by atoms with van der Waals surface area (Å²) in [7, 11) is 0. The maximum atomic E-state index is 12.5. The summed E-state index contributed by atoms with van der Waals surface area (Å²) in [5, 5.41) is 2.89. The number of carbonyl (C=O) groups excluding carboxylic acids is 1. The minimum Gasteiger partial charge on any atom is -0.463 e. The second-order valence-corrected chi connectivity index (χ2v) is 5.95. The predicted molar refractivity (Wildman–Crippen MR) is 103 cm³/mol. The van der Waals surface area contributed by atoms with Gasteiger partial charge < -0.3 is 9.73 Å². The maximum Gasteiger partial charge on any atom is 0.251 e. The summed E-state index contributed by atoms with van der Waals surface area (Å²) in [5.41, 5.74) is 4.07. The molecule has 5 nitrogen and oxygen atoms in total. The lowest BCUT2D eigenvalue weighted by molar-refractivity contribution is 0.0950. The van der Waals surface area contributed by atoms with E-state index in [1.807, 2.05) is 60.7 Å². The topological polar surface area (TPSA) is 68.0 Å². The molecule has 27 heavy (non-hydrogen) atoms. The Balaban J connectivity index is 1.46. The molecule has 0 bridgehead atoms. The molecule has 0 radical (unpaired) electrons. The van der Waals surface area contributed by atoms with Gasteiger partial charge in [0.2, 0.25) is 0 Å². The number of furan rings is 1. The molecule has 4 aromatic rings. The van der Waals surface area contributed by atoms with E-state index in [-0.39, 0.29) is 12.5 Å². The van der Waals surface area contributed by atoms with E-state index in [9.17, 15) is 4.79 Å². The van der Waals surface area contributed by atoms with Crippen LogP contribution < -0.4 is 5.32 Å². The van der Waals surface area contributed by atoms with Crippen molar-refractivity contribution in [1.82, 2.24) is 15.3 Å². The van der Waals surface area contributed by atoms with Gasteiger partial charge in [0.25, 0.3) is 5.91 Å². The lowest BCUT2D eigenvalue weighted by Crippen LogP contribution is -2.23. The van der Waals surface area contributed by atoms with Gasteiger partial charge in [-0.3, -0.25) is 9.78 Å². The molecule has 2 heterocycles. The first-order valence-electron chi connectivity index (χ1n) is 8.59. The number of hydrogen-bond donors (Lipinski definition) is 1. The van der Waals surface area contributed by atoms with Gasteiger partial charge in [-0.2, -0.15) is 0 Å². The molecule has 0 aliphatic carbocycles. The molecule has 0 saturated heterocycles. The highest BCUT2D eigenvalue weighted by molar-refractivity contribution is 5.94. The van der Waals surface area contributed by atoms with Crippen LogP contribution in [0.15, 0.2) is 89.8 Å². The van der Waals surface area contributed by atoms with E-state index >= 15 is 0 Å². The Labute approximate surface area is 156 Å². The summed E-state index contributed by atoms with van der Waals surface area (Å²) in [6, 6.07) is 21.2. The van der Waals surface area contributed by atoms with Crippen LogP contribution in [0.4, 0.5) is 0 Å². The first-order chi connectivity index (χ1) is 13.3. The molecule has 0 aliphatic heterocycles. The molecule has 0 fully saturated rings. The number of aromatic nitrogens is 2. The number of benzene rings is 2. The Hall–Kier alpha value is -3.73. The summed E-state index contributed by atoms with van der Waals surface area (Å²) in [6.45, 7) is 0.267. The number of hydrogen-bond acceptors (Lipinski definition) is 4. The molecule has 2 aromatic heterocycles. The van der Waals surface area contributed by atoms with Crippen molar-refractivity contribution in [3.8, 4) is 22.6 Å². The fourth-order valence-electron chi connectivity index (χ4n) is 2.83. The molecular formula is C22H17N3O2. The van der Waals surface area contributed by atoms with Gasteiger partial charge in [0, 0.05) is 18.0 Å². The lowest BCUT2D eigenvalue weighted by Gasteiger charge is -2.08. The number of rotatable bonds is 5. The Kier molecular flexibility index (Phi) is 4.74. The van der Waals surface area contributed by atoms with E-state index in [0.717, 1.165) is 11.1 Å². The van der Waals surface area contributed by atoms with E-state index in [2.05, 4.69) is 15.3 Å². The SMILES string of the molecule is O=C(NCc1nccnc1-c1ccco1)c1ccc(-c2ccccc2)cc1. The highest BCUT2D eigenvalue weighted by atomic mass is 16.3. The van der Waals surface area contributed by atoms with Crippen molar-refractivity contribution in [1.29, 1.82) is 0 Å². The van der Waals surface area contributed by atoms with Crippen molar-refractivity contribution in [2.45, 2.75) is 6.54 Å². The molecule has 2 aromatic carbocycles. The normalized spacial score (nSPS) is 10.5. The van der Waals surface area contributed by atoms with Crippen molar-refractivity contribution >= 4 is 5.91 Å². The highest BCUT2D eigenvalue weighted by Crippen LogP contribution is 2.21. The third kappa shape index (κ3) is 3.77. The van der Waals surface area contributed by atoms with Crippen molar-refractivity contribution in [3.63, 3.8) is 0 Å². The Morgan fingerprint density at radius 3 is 2.33 bits per heavy atom. The number of carbonyl (C=O) groups is 1. The second-order valence-electron chi connectivity index (χ2n) is 5.95. The van der Waals surface area contributed by atoms with Crippen molar-refractivity contribution < 1.29 is 9.21 Å². The third-order valence-electron chi connectivity index (χ3n) is 4.20. The zero-order chi connectivity index (χ0) is 18.5. The van der Waals surface area contributed by atoms with Gasteiger partial charge in [-0.25, -0.2) is 4.98 Å². The van der Waals surface area contributed by atoms with Crippen LogP contribution in [0.2, 0.25) is 0 Å². The van der Waals surface area contributed by atoms with Gasteiger partial charge >= 0.3 is 0 Å². The van der Waals surface area contributed by atoms with Crippen molar-refractivity contribution in [2.75, 3.05) is 0 Å². The molecule has 0 spiro atoms. The molecule has 0 atom stereocenters. The molecule has 1 N–H and O–H groups in total. The summed E-state index contributed by atoms with van der Waals surface area (Å²) in [6.07, 6.45) is 4.79. The van der Waals surface area contributed by atoms with E-state index < -0.39 is 0 Å². The standard InChI is InChI=1S/C22H17N3O2/c26-22(18-10-8-17(9-11-18)16-5-2-1-3-6-16)25-15-19-21(24-13-12-23-19)20-7-4-14-27-20/h1-14H,15H2,(H,25,26). The van der Waals surface area contributed by atoms with Crippen molar-refractivity contribution in [3.05, 3.63) is 96.6 Å². The molecule has 4 rings (SSSR count). The van der Waals surface area contributed by atoms with Gasteiger partial charge in [0.05, 0.1) is 18.5 Å². The Morgan fingerprint density at radius 1 is 0.852 bits per heavy atom. The molecule has 1 amide bonds. The van der Waals surface area contributed by atoms with Gasteiger partial charge in [0.15, 0.2) is 5.76 Å². The van der Waals surface area contributed by atoms with E-state index in [1.165, 1.54) is 0 Å². The van der Waals surface area contributed by atoms with E-state index in [0.29, 0.717) is 22.7 Å². The summed E-state index contributed by atoms with van der Waals surface area (Å²) < 4.78 is 5.39. The summed E-state index contributed by atoms with van der Waals surface area (Å²) in [4.78, 5) is 21.1. The molecule has 0 saturated carbocycles. The molecule has 0 unspecified atom stereocenters. The fourth-order valence-corrected chi connectivity index (χ4v) is 2.83. The maximum absolute atomic E-state index is 12.5. The van der Waals surface area contributed by atoms with E-state index in [4.69, 9.17) is 4.42 Å². The number of amides is 1. The minimum atomic E-state index is -0.161. The van der Waals surface area contributed by atoms with Crippen LogP contribution in [0.3, 0.4) is 0 Å².